The Morgan fingerprint density at radius 3 is 2.66 bits per heavy atom. The number of hydrogen-bond acceptors (Lipinski definition) is 5. The first kappa shape index (κ1) is 19.6. The Kier molecular flexibility index (Phi) is 5.90. The van der Waals surface area contributed by atoms with Crippen LogP contribution in [0.4, 0.5) is 0 Å². The normalized spacial score (nSPS) is 18.3. The molecule has 2 aliphatic heterocycles. The summed E-state index contributed by atoms with van der Waals surface area (Å²) in [5.41, 5.74) is 2.92. The second kappa shape index (κ2) is 8.74. The molecule has 0 spiro atoms. The van der Waals surface area contributed by atoms with Crippen LogP contribution in [-0.2, 0) is 17.7 Å². The first-order chi connectivity index (χ1) is 14.2. The van der Waals surface area contributed by atoms with Gasteiger partial charge in [-0.25, -0.2) is 0 Å². The fourth-order valence-corrected chi connectivity index (χ4v) is 3.92. The van der Waals surface area contributed by atoms with Crippen molar-refractivity contribution in [3.63, 3.8) is 0 Å². The fourth-order valence-electron chi connectivity index (χ4n) is 3.92. The second-order valence-corrected chi connectivity index (χ2v) is 7.43. The van der Waals surface area contributed by atoms with E-state index in [2.05, 4.69) is 0 Å². The van der Waals surface area contributed by atoms with Crippen LogP contribution in [0.15, 0.2) is 36.4 Å². The minimum absolute atomic E-state index is 0.00741. The lowest BCUT2D eigenvalue weighted by Gasteiger charge is -2.30. The summed E-state index contributed by atoms with van der Waals surface area (Å²) in [7, 11) is 3.26. The van der Waals surface area contributed by atoms with Crippen molar-refractivity contribution < 1.29 is 23.7 Å². The molecular formula is C23H27NO5. The average molecular weight is 397 g/mol. The van der Waals surface area contributed by atoms with E-state index in [4.69, 9.17) is 18.9 Å². The van der Waals surface area contributed by atoms with Gasteiger partial charge in [-0.15, -0.1) is 0 Å². The highest BCUT2D eigenvalue weighted by atomic mass is 16.5. The number of fused-ring (bicyclic) bond motifs is 1. The van der Waals surface area contributed by atoms with Crippen molar-refractivity contribution in [3.05, 3.63) is 53.1 Å². The number of carbonyl (C=O) groups excluding carboxylic acids is 1. The van der Waals surface area contributed by atoms with Gasteiger partial charge in [-0.05, 0) is 60.7 Å². The molecule has 6 heteroatoms. The number of carbonyl (C=O) groups is 1. The number of hydrogen-bond donors (Lipinski definition) is 0. The van der Waals surface area contributed by atoms with Crippen molar-refractivity contribution >= 4 is 5.91 Å². The summed E-state index contributed by atoms with van der Waals surface area (Å²) >= 11 is 0. The standard InChI is InChI=1S/C23H27NO5/c1-26-21-12-16-8-9-24(14-18(16)13-22(21)27-2)23(25)17-5-3-6-19(11-17)29-15-20-7-4-10-28-20/h3,5-6,11-13,20H,4,7-10,14-15H2,1-2H3/t20-/m0/s1. The van der Waals surface area contributed by atoms with Gasteiger partial charge in [0.2, 0.25) is 0 Å². The largest absolute Gasteiger partial charge is 0.493 e. The molecule has 1 amide bonds. The van der Waals surface area contributed by atoms with Crippen LogP contribution in [-0.4, -0.2) is 50.9 Å². The summed E-state index contributed by atoms with van der Waals surface area (Å²) in [5.74, 6) is 2.12. The van der Waals surface area contributed by atoms with Crippen LogP contribution in [0.5, 0.6) is 17.2 Å². The Hall–Kier alpha value is -2.73. The summed E-state index contributed by atoms with van der Waals surface area (Å²) in [5, 5.41) is 0. The number of rotatable bonds is 6. The van der Waals surface area contributed by atoms with Crippen molar-refractivity contribution in [2.75, 3.05) is 34.0 Å². The Morgan fingerprint density at radius 2 is 1.93 bits per heavy atom. The van der Waals surface area contributed by atoms with Crippen LogP contribution in [0.3, 0.4) is 0 Å². The second-order valence-electron chi connectivity index (χ2n) is 7.43. The van der Waals surface area contributed by atoms with Gasteiger partial charge in [0.1, 0.15) is 12.4 Å². The molecule has 2 aromatic carbocycles. The van der Waals surface area contributed by atoms with Crippen LogP contribution in [0.1, 0.15) is 34.3 Å². The Bertz CT molecular complexity index is 876. The molecule has 0 unspecified atom stereocenters. The molecule has 1 saturated heterocycles. The molecule has 2 heterocycles. The van der Waals surface area contributed by atoms with Gasteiger partial charge in [0, 0.05) is 25.3 Å². The third kappa shape index (κ3) is 4.32. The average Bonchev–Trinajstić information content (AvgIpc) is 3.29. The molecule has 2 aromatic rings. The Balaban J connectivity index is 1.45. The summed E-state index contributed by atoms with van der Waals surface area (Å²) < 4.78 is 22.3. The van der Waals surface area contributed by atoms with E-state index in [1.54, 1.807) is 14.2 Å². The van der Waals surface area contributed by atoms with E-state index >= 15 is 0 Å². The summed E-state index contributed by atoms with van der Waals surface area (Å²) in [6.07, 6.45) is 3.05. The maximum absolute atomic E-state index is 13.1. The number of amides is 1. The van der Waals surface area contributed by atoms with E-state index in [-0.39, 0.29) is 12.0 Å². The van der Waals surface area contributed by atoms with Gasteiger partial charge in [-0.3, -0.25) is 4.79 Å². The van der Waals surface area contributed by atoms with Crippen LogP contribution >= 0.6 is 0 Å². The van der Waals surface area contributed by atoms with Gasteiger partial charge >= 0.3 is 0 Å². The molecule has 0 radical (unpaired) electrons. The van der Waals surface area contributed by atoms with Gasteiger partial charge in [-0.1, -0.05) is 6.07 Å². The zero-order valence-corrected chi connectivity index (χ0v) is 17.0. The Morgan fingerprint density at radius 1 is 1.14 bits per heavy atom. The van der Waals surface area contributed by atoms with Crippen LogP contribution in [0.25, 0.3) is 0 Å². The summed E-state index contributed by atoms with van der Waals surface area (Å²) in [6, 6.07) is 11.4. The molecule has 154 valence electrons. The molecule has 4 rings (SSSR count). The minimum atomic E-state index is 0.00741. The Labute approximate surface area is 171 Å². The van der Waals surface area contributed by atoms with Crippen molar-refractivity contribution in [3.8, 4) is 17.2 Å². The number of ether oxygens (including phenoxy) is 4. The monoisotopic (exact) mass is 397 g/mol. The lowest BCUT2D eigenvalue weighted by molar-refractivity contribution is 0.0676. The number of methoxy groups -OCH3 is 2. The molecule has 29 heavy (non-hydrogen) atoms. The predicted octanol–water partition coefficient (Wildman–Crippen LogP) is 3.46. The van der Waals surface area contributed by atoms with Crippen molar-refractivity contribution in [2.24, 2.45) is 0 Å². The molecule has 1 fully saturated rings. The zero-order chi connectivity index (χ0) is 20.2. The third-order valence-corrected chi connectivity index (χ3v) is 5.55. The SMILES string of the molecule is COc1cc2c(cc1OC)CN(C(=O)c1cccc(OC[C@@H]3CCCO3)c1)CC2. The quantitative estimate of drug-likeness (QED) is 0.747. The van der Waals surface area contributed by atoms with Gasteiger partial charge in [0.05, 0.1) is 20.3 Å². The topological polar surface area (TPSA) is 57.2 Å². The lowest BCUT2D eigenvalue weighted by atomic mass is 9.98. The molecular weight excluding hydrogens is 370 g/mol. The molecule has 0 aromatic heterocycles. The van der Waals surface area contributed by atoms with Gasteiger partial charge in [0.15, 0.2) is 11.5 Å². The molecule has 0 saturated carbocycles. The smallest absolute Gasteiger partial charge is 0.254 e. The van der Waals surface area contributed by atoms with Crippen LogP contribution < -0.4 is 14.2 Å². The maximum Gasteiger partial charge on any atom is 0.254 e. The highest BCUT2D eigenvalue weighted by Crippen LogP contribution is 2.33. The molecule has 1 atom stereocenters. The first-order valence-corrected chi connectivity index (χ1v) is 10.1. The van der Waals surface area contributed by atoms with Crippen LogP contribution in [0.2, 0.25) is 0 Å². The van der Waals surface area contributed by atoms with E-state index in [1.165, 1.54) is 5.56 Å². The summed E-state index contributed by atoms with van der Waals surface area (Å²) in [6.45, 7) is 2.55. The molecule has 2 aliphatic rings. The van der Waals surface area contributed by atoms with Gasteiger partial charge in [-0.2, -0.15) is 0 Å². The van der Waals surface area contributed by atoms with Crippen LogP contribution in [0, 0.1) is 0 Å². The highest BCUT2D eigenvalue weighted by Gasteiger charge is 2.24. The van der Waals surface area contributed by atoms with Crippen molar-refractivity contribution in [1.29, 1.82) is 0 Å². The van der Waals surface area contributed by atoms with Crippen molar-refractivity contribution in [2.45, 2.75) is 31.9 Å². The third-order valence-electron chi connectivity index (χ3n) is 5.55. The maximum atomic E-state index is 13.1. The van der Waals surface area contributed by atoms with E-state index in [0.29, 0.717) is 36.8 Å². The zero-order valence-electron chi connectivity index (χ0n) is 17.0. The number of nitrogens with zero attached hydrogens (tertiary/aromatic N) is 1. The summed E-state index contributed by atoms with van der Waals surface area (Å²) in [4.78, 5) is 15.0. The molecule has 0 N–H and O–H groups in total. The molecule has 0 aliphatic carbocycles. The van der Waals surface area contributed by atoms with Gasteiger partial charge < -0.3 is 23.8 Å². The van der Waals surface area contributed by atoms with E-state index in [1.807, 2.05) is 41.3 Å². The van der Waals surface area contributed by atoms with E-state index < -0.39 is 0 Å². The minimum Gasteiger partial charge on any atom is -0.493 e. The van der Waals surface area contributed by atoms with Gasteiger partial charge in [0.25, 0.3) is 5.91 Å². The van der Waals surface area contributed by atoms with Crippen molar-refractivity contribution in [1.82, 2.24) is 4.90 Å². The fraction of sp³-hybridized carbons (Fsp3) is 0.435. The van der Waals surface area contributed by atoms with E-state index in [9.17, 15) is 4.79 Å². The predicted molar refractivity (Wildman–Crippen MR) is 109 cm³/mol. The lowest BCUT2D eigenvalue weighted by Crippen LogP contribution is -2.36. The van der Waals surface area contributed by atoms with E-state index in [0.717, 1.165) is 37.2 Å². The molecule has 6 nitrogen and oxygen atoms in total. The number of benzene rings is 2. The highest BCUT2D eigenvalue weighted by molar-refractivity contribution is 5.94. The first-order valence-electron chi connectivity index (χ1n) is 10.1. The molecule has 0 bridgehead atoms.